The Morgan fingerprint density at radius 1 is 1.56 bits per heavy atom. The van der Waals surface area contributed by atoms with Crippen molar-refractivity contribution in [3.63, 3.8) is 0 Å². The average molecular weight is 242 g/mol. The lowest BCUT2D eigenvalue weighted by molar-refractivity contribution is 0.0596. The molecule has 5 nitrogen and oxygen atoms in total. The van der Waals surface area contributed by atoms with Crippen molar-refractivity contribution in [1.29, 1.82) is 0 Å². The standard InChI is InChI=1S/C10H14N2O3S/c1-14-3-4-16-9-8(10(13)15-2)5-7(11)6-12-9/h5-6H,3-4,11H2,1-2H3. The van der Waals surface area contributed by atoms with Gasteiger partial charge in [0, 0.05) is 12.9 Å². The molecule has 0 saturated carbocycles. The van der Waals surface area contributed by atoms with Gasteiger partial charge in [0.1, 0.15) is 5.03 Å². The summed E-state index contributed by atoms with van der Waals surface area (Å²) in [5, 5.41) is 0.609. The van der Waals surface area contributed by atoms with Gasteiger partial charge in [-0.05, 0) is 6.07 Å². The van der Waals surface area contributed by atoms with Crippen LogP contribution < -0.4 is 5.73 Å². The lowest BCUT2D eigenvalue weighted by Gasteiger charge is -2.06. The van der Waals surface area contributed by atoms with E-state index in [4.69, 9.17) is 10.5 Å². The number of anilines is 1. The minimum atomic E-state index is -0.431. The fraction of sp³-hybridized carbons (Fsp3) is 0.400. The molecule has 0 unspecified atom stereocenters. The highest BCUT2D eigenvalue weighted by Gasteiger charge is 2.13. The number of thioether (sulfide) groups is 1. The van der Waals surface area contributed by atoms with Gasteiger partial charge in [0.2, 0.25) is 0 Å². The summed E-state index contributed by atoms with van der Waals surface area (Å²) in [4.78, 5) is 15.6. The molecule has 88 valence electrons. The van der Waals surface area contributed by atoms with Crippen molar-refractivity contribution in [2.75, 3.05) is 32.3 Å². The molecule has 1 aromatic heterocycles. The van der Waals surface area contributed by atoms with E-state index in [1.54, 1.807) is 13.2 Å². The summed E-state index contributed by atoms with van der Waals surface area (Å²) in [6.07, 6.45) is 1.52. The van der Waals surface area contributed by atoms with Gasteiger partial charge in [-0.15, -0.1) is 11.8 Å². The molecule has 0 radical (unpaired) electrons. The first-order valence-corrected chi connectivity index (χ1v) is 5.63. The highest BCUT2D eigenvalue weighted by molar-refractivity contribution is 7.99. The van der Waals surface area contributed by atoms with Crippen LogP contribution in [0.2, 0.25) is 0 Å². The second-order valence-corrected chi connectivity index (χ2v) is 4.04. The highest BCUT2D eigenvalue weighted by atomic mass is 32.2. The number of ether oxygens (including phenoxy) is 2. The summed E-state index contributed by atoms with van der Waals surface area (Å²) >= 11 is 1.43. The zero-order chi connectivity index (χ0) is 12.0. The fourth-order valence-corrected chi connectivity index (χ4v) is 1.93. The van der Waals surface area contributed by atoms with E-state index in [-0.39, 0.29) is 0 Å². The van der Waals surface area contributed by atoms with Crippen molar-refractivity contribution in [1.82, 2.24) is 4.98 Å². The molecule has 6 heteroatoms. The highest BCUT2D eigenvalue weighted by Crippen LogP contribution is 2.22. The monoisotopic (exact) mass is 242 g/mol. The van der Waals surface area contributed by atoms with Crippen molar-refractivity contribution >= 4 is 23.4 Å². The second kappa shape index (κ2) is 6.34. The van der Waals surface area contributed by atoms with Crippen LogP contribution in [0.1, 0.15) is 10.4 Å². The van der Waals surface area contributed by atoms with Crippen LogP contribution in [-0.2, 0) is 9.47 Å². The number of rotatable bonds is 5. The lowest BCUT2D eigenvalue weighted by Crippen LogP contribution is -2.06. The van der Waals surface area contributed by atoms with Gasteiger partial charge < -0.3 is 15.2 Å². The second-order valence-electron chi connectivity index (χ2n) is 2.95. The number of aromatic nitrogens is 1. The van der Waals surface area contributed by atoms with Crippen molar-refractivity contribution in [2.24, 2.45) is 0 Å². The van der Waals surface area contributed by atoms with E-state index < -0.39 is 5.97 Å². The summed E-state index contributed by atoms with van der Waals surface area (Å²) in [5.74, 6) is 0.289. The molecule has 16 heavy (non-hydrogen) atoms. The zero-order valence-electron chi connectivity index (χ0n) is 9.23. The number of nitrogens with two attached hydrogens (primary N) is 1. The minimum absolute atomic E-state index is 0.392. The third-order valence-electron chi connectivity index (χ3n) is 1.80. The molecular formula is C10H14N2O3S. The van der Waals surface area contributed by atoms with E-state index in [9.17, 15) is 4.79 Å². The minimum Gasteiger partial charge on any atom is -0.465 e. The topological polar surface area (TPSA) is 74.4 Å². The summed E-state index contributed by atoms with van der Waals surface area (Å²) < 4.78 is 9.58. The van der Waals surface area contributed by atoms with Gasteiger partial charge in [0.25, 0.3) is 0 Å². The Morgan fingerprint density at radius 2 is 2.31 bits per heavy atom. The normalized spacial score (nSPS) is 10.1. The average Bonchev–Trinajstić information content (AvgIpc) is 2.30. The fourth-order valence-electron chi connectivity index (χ4n) is 1.06. The van der Waals surface area contributed by atoms with Crippen LogP contribution >= 0.6 is 11.8 Å². The number of nitrogen functional groups attached to an aromatic ring is 1. The maximum atomic E-state index is 11.5. The number of nitrogens with zero attached hydrogens (tertiary/aromatic N) is 1. The molecule has 0 aromatic carbocycles. The van der Waals surface area contributed by atoms with E-state index in [0.29, 0.717) is 22.9 Å². The Bertz CT molecular complexity index is 371. The van der Waals surface area contributed by atoms with Crippen LogP contribution in [0.3, 0.4) is 0 Å². The molecule has 0 aliphatic carbocycles. The molecule has 0 saturated heterocycles. The van der Waals surface area contributed by atoms with E-state index in [1.165, 1.54) is 25.1 Å². The SMILES string of the molecule is COCCSc1ncc(N)cc1C(=O)OC. The first kappa shape index (κ1) is 12.8. The van der Waals surface area contributed by atoms with Crippen molar-refractivity contribution in [2.45, 2.75) is 5.03 Å². The Kier molecular flexibility index (Phi) is 5.07. The molecule has 0 spiro atoms. The molecule has 0 aliphatic rings. The summed E-state index contributed by atoms with van der Waals surface area (Å²) in [5.41, 5.74) is 6.40. The van der Waals surface area contributed by atoms with Crippen molar-refractivity contribution in [3.8, 4) is 0 Å². The summed E-state index contributed by atoms with van der Waals surface area (Å²) in [6.45, 7) is 0.595. The third kappa shape index (κ3) is 3.39. The van der Waals surface area contributed by atoms with Crippen LogP contribution in [0.5, 0.6) is 0 Å². The Labute approximate surface area is 98.3 Å². The van der Waals surface area contributed by atoms with E-state index in [1.807, 2.05) is 0 Å². The predicted octanol–water partition coefficient (Wildman–Crippen LogP) is 1.19. The lowest BCUT2D eigenvalue weighted by atomic mass is 10.3. The van der Waals surface area contributed by atoms with Crippen LogP contribution in [0.25, 0.3) is 0 Å². The maximum Gasteiger partial charge on any atom is 0.340 e. The number of carbonyl (C=O) groups excluding carboxylic acids is 1. The molecule has 0 atom stereocenters. The Morgan fingerprint density at radius 3 is 2.94 bits per heavy atom. The largest absolute Gasteiger partial charge is 0.465 e. The summed E-state index contributed by atoms with van der Waals surface area (Å²) in [7, 11) is 2.95. The van der Waals surface area contributed by atoms with Crippen molar-refractivity contribution in [3.05, 3.63) is 17.8 Å². The Hall–Kier alpha value is -1.27. The van der Waals surface area contributed by atoms with Crippen LogP contribution in [0.4, 0.5) is 5.69 Å². The van der Waals surface area contributed by atoms with Gasteiger partial charge in [-0.1, -0.05) is 0 Å². The molecular weight excluding hydrogens is 228 g/mol. The van der Waals surface area contributed by atoms with E-state index in [0.717, 1.165) is 5.75 Å². The van der Waals surface area contributed by atoms with Gasteiger partial charge in [0.15, 0.2) is 0 Å². The number of methoxy groups -OCH3 is 2. The van der Waals surface area contributed by atoms with Gasteiger partial charge in [0.05, 0.1) is 31.2 Å². The third-order valence-corrected chi connectivity index (χ3v) is 2.77. The van der Waals surface area contributed by atoms with Gasteiger partial charge in [-0.2, -0.15) is 0 Å². The first-order chi connectivity index (χ1) is 7.69. The Balaban J connectivity index is 2.85. The number of pyridine rings is 1. The molecule has 0 aliphatic heterocycles. The van der Waals surface area contributed by atoms with E-state index in [2.05, 4.69) is 9.72 Å². The number of hydrogen-bond donors (Lipinski definition) is 1. The maximum absolute atomic E-state index is 11.5. The first-order valence-electron chi connectivity index (χ1n) is 4.64. The smallest absolute Gasteiger partial charge is 0.340 e. The van der Waals surface area contributed by atoms with E-state index >= 15 is 0 Å². The summed E-state index contributed by atoms with van der Waals surface area (Å²) in [6, 6.07) is 1.56. The van der Waals surface area contributed by atoms with Gasteiger partial charge in [-0.25, -0.2) is 9.78 Å². The molecule has 0 bridgehead atoms. The van der Waals surface area contributed by atoms with Crippen LogP contribution in [-0.4, -0.2) is 37.5 Å². The van der Waals surface area contributed by atoms with Crippen LogP contribution in [0.15, 0.2) is 17.3 Å². The number of carbonyl (C=O) groups is 1. The van der Waals surface area contributed by atoms with Crippen molar-refractivity contribution < 1.29 is 14.3 Å². The molecule has 1 heterocycles. The number of esters is 1. The molecule has 1 aromatic rings. The van der Waals surface area contributed by atoms with Gasteiger partial charge >= 0.3 is 5.97 Å². The van der Waals surface area contributed by atoms with Crippen LogP contribution in [0, 0.1) is 0 Å². The molecule has 0 amide bonds. The molecule has 1 rings (SSSR count). The number of hydrogen-bond acceptors (Lipinski definition) is 6. The molecule has 2 N–H and O–H groups in total. The predicted molar refractivity (Wildman–Crippen MR) is 62.6 cm³/mol. The zero-order valence-corrected chi connectivity index (χ0v) is 10.0. The molecule has 0 fully saturated rings. The van der Waals surface area contributed by atoms with Gasteiger partial charge in [-0.3, -0.25) is 0 Å². The quantitative estimate of drug-likeness (QED) is 0.475.